The van der Waals surface area contributed by atoms with Gasteiger partial charge < -0.3 is 4.74 Å². The zero-order chi connectivity index (χ0) is 12.1. The van der Waals surface area contributed by atoms with Gasteiger partial charge in [-0.2, -0.15) is 5.26 Å². The van der Waals surface area contributed by atoms with Crippen LogP contribution in [0.25, 0.3) is 10.6 Å². The molecule has 0 aliphatic rings. The summed E-state index contributed by atoms with van der Waals surface area (Å²) in [5.74, 6) is 0.841. The fourth-order valence-electron chi connectivity index (χ4n) is 1.52. The maximum Gasteiger partial charge on any atom is 0.129 e. The van der Waals surface area contributed by atoms with E-state index in [9.17, 15) is 0 Å². The minimum absolute atomic E-state index is 0.354. The number of hydrogen-bond donors (Lipinski definition) is 0. The second-order valence-corrected chi connectivity index (χ2v) is 4.27. The van der Waals surface area contributed by atoms with E-state index in [1.165, 1.54) is 0 Å². The number of ether oxygens (including phenoxy) is 1. The molecule has 0 aliphatic heterocycles. The summed E-state index contributed by atoms with van der Waals surface area (Å²) in [4.78, 5) is 4.43. The van der Waals surface area contributed by atoms with Crippen molar-refractivity contribution in [1.29, 1.82) is 5.26 Å². The molecular weight excluding hydrogens is 232 g/mol. The molecule has 86 valence electrons. The van der Waals surface area contributed by atoms with Crippen LogP contribution in [0.15, 0.2) is 29.6 Å². The molecule has 17 heavy (non-hydrogen) atoms. The Balaban J connectivity index is 2.35. The Labute approximate surface area is 104 Å². The molecule has 0 bridgehead atoms. The van der Waals surface area contributed by atoms with Crippen molar-refractivity contribution >= 4 is 11.3 Å². The van der Waals surface area contributed by atoms with Gasteiger partial charge in [-0.05, 0) is 19.1 Å². The lowest BCUT2D eigenvalue weighted by Crippen LogP contribution is -1.93. The Hall–Kier alpha value is -1.86. The van der Waals surface area contributed by atoms with Crippen LogP contribution in [0.4, 0.5) is 0 Å². The van der Waals surface area contributed by atoms with E-state index in [1.54, 1.807) is 11.3 Å². The second-order valence-electron chi connectivity index (χ2n) is 3.41. The average Bonchev–Trinajstić information content (AvgIpc) is 2.79. The predicted molar refractivity (Wildman–Crippen MR) is 68.0 cm³/mol. The van der Waals surface area contributed by atoms with E-state index in [1.807, 2.05) is 36.6 Å². The van der Waals surface area contributed by atoms with Crippen LogP contribution in [0.3, 0.4) is 0 Å². The number of nitrogens with zero attached hydrogens (tertiary/aromatic N) is 2. The van der Waals surface area contributed by atoms with E-state index in [2.05, 4.69) is 11.1 Å². The molecular formula is C13H12N2OS. The van der Waals surface area contributed by atoms with Gasteiger partial charge in [0.25, 0.3) is 0 Å². The Kier molecular flexibility index (Phi) is 3.73. The monoisotopic (exact) mass is 244 g/mol. The van der Waals surface area contributed by atoms with Crippen LogP contribution in [0.1, 0.15) is 12.6 Å². The van der Waals surface area contributed by atoms with Crippen LogP contribution in [0.5, 0.6) is 5.75 Å². The van der Waals surface area contributed by atoms with Crippen molar-refractivity contribution < 1.29 is 4.74 Å². The Morgan fingerprint density at radius 1 is 1.41 bits per heavy atom. The van der Waals surface area contributed by atoms with E-state index in [0.717, 1.165) is 22.0 Å². The van der Waals surface area contributed by atoms with Gasteiger partial charge in [-0.3, -0.25) is 0 Å². The quantitative estimate of drug-likeness (QED) is 0.829. The lowest BCUT2D eigenvalue weighted by atomic mass is 10.2. The SMILES string of the molecule is CCOc1ccccc1-c1nc(CC#N)cs1. The summed E-state index contributed by atoms with van der Waals surface area (Å²) >= 11 is 1.54. The van der Waals surface area contributed by atoms with Gasteiger partial charge in [0.1, 0.15) is 10.8 Å². The fraction of sp³-hybridized carbons (Fsp3) is 0.231. The third-order valence-electron chi connectivity index (χ3n) is 2.23. The van der Waals surface area contributed by atoms with Gasteiger partial charge in [0.05, 0.1) is 30.4 Å². The minimum Gasteiger partial charge on any atom is -0.493 e. The Morgan fingerprint density at radius 2 is 2.24 bits per heavy atom. The zero-order valence-corrected chi connectivity index (χ0v) is 10.3. The first-order valence-corrected chi connectivity index (χ1v) is 6.26. The molecule has 0 radical (unpaired) electrons. The lowest BCUT2D eigenvalue weighted by Gasteiger charge is -2.07. The standard InChI is InChI=1S/C13H12N2OS/c1-2-16-12-6-4-3-5-11(12)13-15-10(7-8-14)9-17-13/h3-6,9H,2,7H2,1H3. The highest BCUT2D eigenvalue weighted by molar-refractivity contribution is 7.13. The number of aromatic nitrogens is 1. The number of thiazole rings is 1. The summed E-state index contributed by atoms with van der Waals surface area (Å²) in [5, 5.41) is 11.4. The lowest BCUT2D eigenvalue weighted by molar-refractivity contribution is 0.341. The van der Waals surface area contributed by atoms with Crippen LogP contribution >= 0.6 is 11.3 Å². The van der Waals surface area contributed by atoms with Gasteiger partial charge in [0, 0.05) is 5.38 Å². The molecule has 0 amide bonds. The maximum absolute atomic E-state index is 8.63. The third kappa shape index (κ3) is 2.63. The van der Waals surface area contributed by atoms with Crippen LogP contribution in [0, 0.1) is 11.3 Å². The van der Waals surface area contributed by atoms with E-state index in [0.29, 0.717) is 13.0 Å². The van der Waals surface area contributed by atoms with Crippen molar-refractivity contribution in [2.24, 2.45) is 0 Å². The molecule has 2 aromatic rings. The van der Waals surface area contributed by atoms with E-state index in [-0.39, 0.29) is 0 Å². The highest BCUT2D eigenvalue weighted by Gasteiger charge is 2.09. The van der Waals surface area contributed by atoms with Gasteiger partial charge in [-0.15, -0.1) is 11.3 Å². The van der Waals surface area contributed by atoms with Crippen molar-refractivity contribution in [2.45, 2.75) is 13.3 Å². The molecule has 0 aliphatic carbocycles. The summed E-state index contributed by atoms with van der Waals surface area (Å²) < 4.78 is 5.56. The molecule has 0 fully saturated rings. The second kappa shape index (κ2) is 5.46. The average molecular weight is 244 g/mol. The van der Waals surface area contributed by atoms with Crippen LogP contribution in [-0.4, -0.2) is 11.6 Å². The van der Waals surface area contributed by atoms with Crippen LogP contribution < -0.4 is 4.74 Å². The van der Waals surface area contributed by atoms with Gasteiger partial charge in [-0.25, -0.2) is 4.98 Å². The molecule has 0 atom stereocenters. The summed E-state index contributed by atoms with van der Waals surface area (Å²) in [6.45, 7) is 2.59. The summed E-state index contributed by atoms with van der Waals surface area (Å²) in [7, 11) is 0. The van der Waals surface area contributed by atoms with Crippen LogP contribution in [-0.2, 0) is 6.42 Å². The molecule has 3 nitrogen and oxygen atoms in total. The first-order valence-electron chi connectivity index (χ1n) is 5.38. The molecule has 1 aromatic carbocycles. The summed E-state index contributed by atoms with van der Waals surface area (Å²) in [6, 6.07) is 9.93. The number of para-hydroxylation sites is 1. The van der Waals surface area contributed by atoms with Gasteiger partial charge in [0.2, 0.25) is 0 Å². The van der Waals surface area contributed by atoms with Crippen molar-refractivity contribution in [1.82, 2.24) is 4.98 Å². The molecule has 0 N–H and O–H groups in total. The van der Waals surface area contributed by atoms with Crippen molar-refractivity contribution in [3.8, 4) is 22.4 Å². The number of benzene rings is 1. The largest absolute Gasteiger partial charge is 0.493 e. The van der Waals surface area contributed by atoms with E-state index < -0.39 is 0 Å². The van der Waals surface area contributed by atoms with Gasteiger partial charge in [-0.1, -0.05) is 12.1 Å². The number of nitriles is 1. The molecule has 4 heteroatoms. The topological polar surface area (TPSA) is 45.9 Å². The smallest absolute Gasteiger partial charge is 0.129 e. The van der Waals surface area contributed by atoms with Crippen molar-refractivity contribution in [2.75, 3.05) is 6.61 Å². The molecule has 0 unspecified atom stereocenters. The molecule has 1 heterocycles. The van der Waals surface area contributed by atoms with Crippen LogP contribution in [0.2, 0.25) is 0 Å². The first kappa shape index (κ1) is 11.6. The first-order chi connectivity index (χ1) is 8.35. The number of hydrogen-bond acceptors (Lipinski definition) is 4. The highest BCUT2D eigenvalue weighted by Crippen LogP contribution is 2.32. The van der Waals surface area contributed by atoms with Crippen molar-refractivity contribution in [3.63, 3.8) is 0 Å². The van der Waals surface area contributed by atoms with E-state index in [4.69, 9.17) is 10.00 Å². The molecule has 0 saturated carbocycles. The summed E-state index contributed by atoms with van der Waals surface area (Å²) in [6.07, 6.45) is 0.354. The molecule has 1 aromatic heterocycles. The summed E-state index contributed by atoms with van der Waals surface area (Å²) in [5.41, 5.74) is 1.81. The molecule has 2 rings (SSSR count). The Morgan fingerprint density at radius 3 is 3.00 bits per heavy atom. The van der Waals surface area contributed by atoms with Gasteiger partial charge >= 0.3 is 0 Å². The predicted octanol–water partition coefficient (Wildman–Crippen LogP) is 3.27. The Bertz CT molecular complexity index is 542. The van der Waals surface area contributed by atoms with E-state index >= 15 is 0 Å². The molecule has 0 spiro atoms. The number of rotatable bonds is 4. The zero-order valence-electron chi connectivity index (χ0n) is 9.51. The highest BCUT2D eigenvalue weighted by atomic mass is 32.1. The fourth-order valence-corrected chi connectivity index (χ4v) is 2.37. The third-order valence-corrected chi connectivity index (χ3v) is 3.15. The maximum atomic E-state index is 8.63. The van der Waals surface area contributed by atoms with Crippen molar-refractivity contribution in [3.05, 3.63) is 35.3 Å². The van der Waals surface area contributed by atoms with Gasteiger partial charge in [0.15, 0.2) is 0 Å². The minimum atomic E-state index is 0.354. The molecule has 0 saturated heterocycles. The normalized spacial score (nSPS) is 9.88.